The van der Waals surface area contributed by atoms with Gasteiger partial charge in [-0.3, -0.25) is 4.79 Å². The van der Waals surface area contributed by atoms with E-state index in [1.165, 1.54) is 96.5 Å². The second-order valence-electron chi connectivity index (χ2n) is 8.61. The Kier molecular flexibility index (Phi) is 15.3. The Labute approximate surface area is 183 Å². The SMILES string of the molecule is CCCCCCCCCCCCCCCCCCNC(=O)c1c(F)ccc(C)c1F. The Morgan fingerprint density at radius 3 is 1.63 bits per heavy atom. The number of carbonyl (C=O) groups is 1. The lowest BCUT2D eigenvalue weighted by atomic mass is 10.0. The molecule has 0 spiro atoms. The summed E-state index contributed by atoms with van der Waals surface area (Å²) in [4.78, 5) is 12.0. The maximum absolute atomic E-state index is 13.9. The largest absolute Gasteiger partial charge is 0.352 e. The van der Waals surface area contributed by atoms with E-state index >= 15 is 0 Å². The van der Waals surface area contributed by atoms with E-state index in [1.807, 2.05) is 0 Å². The van der Waals surface area contributed by atoms with Gasteiger partial charge in [0.15, 0.2) is 0 Å². The van der Waals surface area contributed by atoms with Crippen LogP contribution >= 0.6 is 0 Å². The lowest BCUT2D eigenvalue weighted by Crippen LogP contribution is -2.26. The summed E-state index contributed by atoms with van der Waals surface area (Å²) in [7, 11) is 0. The molecule has 1 amide bonds. The molecule has 4 heteroatoms. The van der Waals surface area contributed by atoms with Gasteiger partial charge < -0.3 is 5.32 Å². The zero-order valence-corrected chi connectivity index (χ0v) is 19.3. The number of hydrogen-bond acceptors (Lipinski definition) is 1. The monoisotopic (exact) mass is 423 g/mol. The molecule has 0 fully saturated rings. The summed E-state index contributed by atoms with van der Waals surface area (Å²) in [6, 6.07) is 2.49. The van der Waals surface area contributed by atoms with E-state index in [0.29, 0.717) is 6.54 Å². The number of hydrogen-bond donors (Lipinski definition) is 1. The number of halogens is 2. The van der Waals surface area contributed by atoms with E-state index in [9.17, 15) is 13.6 Å². The molecule has 0 atom stereocenters. The second kappa shape index (κ2) is 17.3. The molecule has 0 heterocycles. The van der Waals surface area contributed by atoms with Crippen molar-refractivity contribution in [3.8, 4) is 0 Å². The molecule has 0 unspecified atom stereocenters. The number of amides is 1. The molecule has 0 aliphatic heterocycles. The second-order valence-corrected chi connectivity index (χ2v) is 8.61. The number of benzene rings is 1. The minimum atomic E-state index is -0.803. The highest BCUT2D eigenvalue weighted by molar-refractivity contribution is 5.94. The van der Waals surface area contributed by atoms with Crippen LogP contribution in [0.2, 0.25) is 0 Å². The van der Waals surface area contributed by atoms with Crippen molar-refractivity contribution in [3.63, 3.8) is 0 Å². The van der Waals surface area contributed by atoms with Gasteiger partial charge in [0.25, 0.3) is 5.91 Å². The van der Waals surface area contributed by atoms with Gasteiger partial charge >= 0.3 is 0 Å². The molecular formula is C26H43F2NO. The normalized spacial score (nSPS) is 11.1. The molecule has 172 valence electrons. The fourth-order valence-corrected chi connectivity index (χ4v) is 3.83. The van der Waals surface area contributed by atoms with Gasteiger partial charge in [-0.25, -0.2) is 8.78 Å². The smallest absolute Gasteiger partial charge is 0.257 e. The van der Waals surface area contributed by atoms with Crippen molar-refractivity contribution in [3.05, 3.63) is 34.9 Å². The number of unbranched alkanes of at least 4 members (excludes halogenated alkanes) is 15. The van der Waals surface area contributed by atoms with Gasteiger partial charge in [0.2, 0.25) is 0 Å². The minimum absolute atomic E-state index is 0.281. The Bertz CT molecular complexity index is 589. The predicted octanol–water partition coefficient (Wildman–Crippen LogP) is 8.26. The van der Waals surface area contributed by atoms with Crippen molar-refractivity contribution in [1.82, 2.24) is 5.32 Å². The first-order chi connectivity index (χ1) is 14.6. The van der Waals surface area contributed by atoms with Crippen LogP contribution in [-0.2, 0) is 0 Å². The lowest BCUT2D eigenvalue weighted by molar-refractivity contribution is 0.0944. The predicted molar refractivity (Wildman–Crippen MR) is 123 cm³/mol. The van der Waals surface area contributed by atoms with Crippen LogP contribution in [0.25, 0.3) is 0 Å². The Morgan fingerprint density at radius 2 is 1.17 bits per heavy atom. The zero-order valence-electron chi connectivity index (χ0n) is 19.3. The quantitative estimate of drug-likeness (QED) is 0.237. The summed E-state index contributed by atoms with van der Waals surface area (Å²) >= 11 is 0. The molecule has 0 bridgehead atoms. The fourth-order valence-electron chi connectivity index (χ4n) is 3.83. The Balaban J connectivity index is 1.90. The van der Waals surface area contributed by atoms with Crippen LogP contribution in [-0.4, -0.2) is 12.5 Å². The molecule has 0 aromatic heterocycles. The molecule has 1 aromatic carbocycles. The number of carbonyl (C=O) groups excluding carboxylic acids is 1. The van der Waals surface area contributed by atoms with E-state index in [2.05, 4.69) is 12.2 Å². The minimum Gasteiger partial charge on any atom is -0.352 e. The average Bonchev–Trinajstić information content (AvgIpc) is 2.73. The summed E-state index contributed by atoms with van der Waals surface area (Å²) in [6.07, 6.45) is 20.7. The summed E-state index contributed by atoms with van der Waals surface area (Å²) in [5.41, 5.74) is -0.185. The van der Waals surface area contributed by atoms with Crippen molar-refractivity contribution >= 4 is 5.91 Å². The van der Waals surface area contributed by atoms with Crippen molar-refractivity contribution < 1.29 is 13.6 Å². The number of rotatable bonds is 18. The maximum Gasteiger partial charge on any atom is 0.257 e. The zero-order chi connectivity index (χ0) is 22.0. The van der Waals surface area contributed by atoms with Gasteiger partial charge in [-0.1, -0.05) is 109 Å². The highest BCUT2D eigenvalue weighted by atomic mass is 19.1. The van der Waals surface area contributed by atoms with Crippen LogP contribution in [0, 0.1) is 18.6 Å². The molecule has 0 saturated carbocycles. The van der Waals surface area contributed by atoms with Crippen LogP contribution < -0.4 is 5.32 Å². The number of aryl methyl sites for hydroxylation is 1. The van der Waals surface area contributed by atoms with Gasteiger partial charge in [0.1, 0.15) is 17.2 Å². The van der Waals surface area contributed by atoms with Gasteiger partial charge in [-0.2, -0.15) is 0 Å². The Hall–Kier alpha value is -1.45. The van der Waals surface area contributed by atoms with E-state index in [4.69, 9.17) is 0 Å². The highest BCUT2D eigenvalue weighted by Gasteiger charge is 2.18. The first-order valence-corrected chi connectivity index (χ1v) is 12.3. The Morgan fingerprint density at radius 1 is 0.733 bits per heavy atom. The van der Waals surface area contributed by atoms with E-state index in [1.54, 1.807) is 0 Å². The lowest BCUT2D eigenvalue weighted by Gasteiger charge is -2.08. The molecule has 0 aliphatic carbocycles. The van der Waals surface area contributed by atoms with Gasteiger partial charge in [0, 0.05) is 6.54 Å². The molecule has 30 heavy (non-hydrogen) atoms. The fraction of sp³-hybridized carbons (Fsp3) is 0.731. The summed E-state index contributed by atoms with van der Waals surface area (Å²) in [6.45, 7) is 4.25. The summed E-state index contributed by atoms with van der Waals surface area (Å²) in [5, 5.41) is 2.64. The van der Waals surface area contributed by atoms with E-state index < -0.39 is 23.1 Å². The third-order valence-corrected chi connectivity index (χ3v) is 5.83. The van der Waals surface area contributed by atoms with Gasteiger partial charge in [-0.15, -0.1) is 0 Å². The van der Waals surface area contributed by atoms with Crippen LogP contribution in [0.15, 0.2) is 12.1 Å². The molecule has 1 rings (SSSR count). The molecule has 2 nitrogen and oxygen atoms in total. The molecule has 0 aliphatic rings. The third kappa shape index (κ3) is 11.7. The van der Waals surface area contributed by atoms with Crippen molar-refractivity contribution in [2.45, 2.75) is 117 Å². The third-order valence-electron chi connectivity index (χ3n) is 5.83. The summed E-state index contributed by atoms with van der Waals surface area (Å²) < 4.78 is 27.6. The highest BCUT2D eigenvalue weighted by Crippen LogP contribution is 2.16. The van der Waals surface area contributed by atoms with Crippen molar-refractivity contribution in [2.75, 3.05) is 6.54 Å². The molecule has 1 aromatic rings. The topological polar surface area (TPSA) is 29.1 Å². The molecule has 1 N–H and O–H groups in total. The van der Waals surface area contributed by atoms with Crippen molar-refractivity contribution in [1.29, 1.82) is 0 Å². The standard InChI is InChI=1S/C26H43F2NO/c1-3-4-5-6-7-8-9-10-11-12-13-14-15-16-17-18-21-29-26(30)24-23(27)20-19-22(2)25(24)28/h19-20H,3-18,21H2,1-2H3,(H,29,30). The first-order valence-electron chi connectivity index (χ1n) is 12.3. The van der Waals surface area contributed by atoms with Crippen LogP contribution in [0.4, 0.5) is 8.78 Å². The van der Waals surface area contributed by atoms with Crippen LogP contribution in [0.1, 0.15) is 126 Å². The molecular weight excluding hydrogens is 380 g/mol. The van der Waals surface area contributed by atoms with E-state index in [-0.39, 0.29) is 5.56 Å². The van der Waals surface area contributed by atoms with Crippen LogP contribution in [0.3, 0.4) is 0 Å². The van der Waals surface area contributed by atoms with Crippen molar-refractivity contribution in [2.24, 2.45) is 0 Å². The summed E-state index contributed by atoms with van der Waals surface area (Å²) in [5.74, 6) is -2.23. The van der Waals surface area contributed by atoms with Gasteiger partial charge in [0.05, 0.1) is 0 Å². The maximum atomic E-state index is 13.9. The average molecular weight is 424 g/mol. The molecule has 0 saturated heterocycles. The number of nitrogens with one attached hydrogen (secondary N) is 1. The van der Waals surface area contributed by atoms with Gasteiger partial charge in [-0.05, 0) is 25.0 Å². The molecule has 0 radical (unpaired) electrons. The van der Waals surface area contributed by atoms with Crippen LogP contribution in [0.5, 0.6) is 0 Å². The van der Waals surface area contributed by atoms with E-state index in [0.717, 1.165) is 25.3 Å². The first kappa shape index (κ1) is 26.6.